The summed E-state index contributed by atoms with van der Waals surface area (Å²) in [4.78, 5) is 22.6. The van der Waals surface area contributed by atoms with E-state index in [0.29, 0.717) is 19.7 Å². The Bertz CT molecular complexity index is 630. The lowest BCUT2D eigenvalue weighted by atomic mass is 10.1. The van der Waals surface area contributed by atoms with Gasteiger partial charge >= 0.3 is 0 Å². The van der Waals surface area contributed by atoms with Crippen molar-refractivity contribution in [3.63, 3.8) is 0 Å². The number of hydrogen-bond donors (Lipinski definition) is 0. The number of nitrogens with zero attached hydrogens (tertiary/aromatic N) is 3. The van der Waals surface area contributed by atoms with Crippen molar-refractivity contribution in [1.82, 2.24) is 14.9 Å². The molecule has 0 bridgehead atoms. The van der Waals surface area contributed by atoms with Gasteiger partial charge in [-0.2, -0.15) is 11.3 Å². The molecule has 6 heteroatoms. The molecular weight excluding hydrogens is 298 g/mol. The monoisotopic (exact) mass is 317 g/mol. The molecule has 1 saturated heterocycles. The first-order valence-corrected chi connectivity index (χ1v) is 8.37. The zero-order chi connectivity index (χ0) is 15.4. The van der Waals surface area contributed by atoms with E-state index in [0.717, 1.165) is 29.8 Å². The molecule has 22 heavy (non-hydrogen) atoms. The first kappa shape index (κ1) is 15.1. The number of hydrogen-bond acceptors (Lipinski definition) is 5. The van der Waals surface area contributed by atoms with Crippen molar-refractivity contribution < 1.29 is 9.53 Å². The molecule has 0 aromatic carbocycles. The van der Waals surface area contributed by atoms with Gasteiger partial charge in [-0.15, -0.1) is 0 Å². The fourth-order valence-corrected chi connectivity index (χ4v) is 3.23. The number of ether oxygens (including phenoxy) is 1. The number of aryl methyl sites for hydroxylation is 2. The fraction of sp³-hybridized carbons (Fsp3) is 0.438. The zero-order valence-electron chi connectivity index (χ0n) is 12.6. The van der Waals surface area contributed by atoms with Crippen LogP contribution in [0.5, 0.6) is 0 Å². The lowest BCUT2D eigenvalue weighted by molar-refractivity contribution is -0.0246. The summed E-state index contributed by atoms with van der Waals surface area (Å²) < 4.78 is 5.79. The van der Waals surface area contributed by atoms with Gasteiger partial charge in [0, 0.05) is 29.9 Å². The van der Waals surface area contributed by atoms with E-state index < -0.39 is 0 Å². The van der Waals surface area contributed by atoms with Gasteiger partial charge in [-0.25, -0.2) is 9.97 Å². The Hall–Kier alpha value is -1.79. The Labute approximate surface area is 134 Å². The Balaban J connectivity index is 1.55. The van der Waals surface area contributed by atoms with Gasteiger partial charge in [-0.05, 0) is 37.3 Å². The highest BCUT2D eigenvalue weighted by Gasteiger charge is 2.25. The first-order valence-electron chi connectivity index (χ1n) is 7.43. The van der Waals surface area contributed by atoms with E-state index in [9.17, 15) is 4.79 Å². The van der Waals surface area contributed by atoms with Crippen molar-refractivity contribution in [1.29, 1.82) is 0 Å². The number of thiophene rings is 1. The van der Waals surface area contributed by atoms with Crippen LogP contribution in [0.1, 0.15) is 28.2 Å². The lowest BCUT2D eigenvalue weighted by Crippen LogP contribution is -2.45. The summed E-state index contributed by atoms with van der Waals surface area (Å²) in [6, 6.07) is 3.87. The molecule has 1 aliphatic rings. The predicted octanol–water partition coefficient (Wildman–Crippen LogP) is 2.32. The van der Waals surface area contributed by atoms with Crippen molar-refractivity contribution in [3.8, 4) is 0 Å². The van der Waals surface area contributed by atoms with Crippen molar-refractivity contribution >= 4 is 17.2 Å². The van der Waals surface area contributed by atoms with E-state index >= 15 is 0 Å². The Kier molecular flexibility index (Phi) is 4.80. The summed E-state index contributed by atoms with van der Waals surface area (Å²) >= 11 is 1.55. The van der Waals surface area contributed by atoms with Crippen LogP contribution in [0.3, 0.4) is 0 Å². The van der Waals surface area contributed by atoms with Crippen molar-refractivity contribution in [3.05, 3.63) is 46.2 Å². The summed E-state index contributed by atoms with van der Waals surface area (Å²) in [5.41, 5.74) is 2.78. The van der Waals surface area contributed by atoms with E-state index in [1.54, 1.807) is 17.7 Å². The smallest absolute Gasteiger partial charge is 0.254 e. The van der Waals surface area contributed by atoms with E-state index in [-0.39, 0.29) is 12.0 Å². The summed E-state index contributed by atoms with van der Waals surface area (Å²) in [7, 11) is 0. The quantitative estimate of drug-likeness (QED) is 0.868. The van der Waals surface area contributed by atoms with Crippen molar-refractivity contribution in [2.45, 2.75) is 25.9 Å². The van der Waals surface area contributed by atoms with Crippen LogP contribution in [-0.2, 0) is 11.2 Å². The van der Waals surface area contributed by atoms with Gasteiger partial charge < -0.3 is 9.64 Å². The molecule has 1 amide bonds. The summed E-state index contributed by atoms with van der Waals surface area (Å²) in [5.74, 6) is 0.104. The molecule has 0 spiro atoms. The lowest BCUT2D eigenvalue weighted by Gasteiger charge is -2.32. The second kappa shape index (κ2) is 6.98. The van der Waals surface area contributed by atoms with Crippen LogP contribution >= 0.6 is 11.3 Å². The number of carbonyl (C=O) groups is 1. The Morgan fingerprint density at radius 2 is 2.41 bits per heavy atom. The van der Waals surface area contributed by atoms with E-state index in [1.807, 2.05) is 34.7 Å². The second-order valence-electron chi connectivity index (χ2n) is 5.45. The molecule has 2 aromatic rings. The van der Waals surface area contributed by atoms with Crippen LogP contribution in [-0.4, -0.2) is 46.6 Å². The standard InChI is InChI=1S/C16H19N3O2S/c1-12-8-14(18-11-17-12)2-3-15-9-19(5-6-21-15)16(20)13-4-7-22-10-13/h4,7-8,10-11,15H,2-3,5-6,9H2,1H3. The van der Waals surface area contributed by atoms with E-state index in [1.165, 1.54) is 0 Å². The van der Waals surface area contributed by atoms with Gasteiger partial charge in [0.2, 0.25) is 0 Å². The molecule has 1 atom stereocenters. The van der Waals surface area contributed by atoms with Crippen LogP contribution in [0, 0.1) is 6.92 Å². The van der Waals surface area contributed by atoms with Gasteiger partial charge in [-0.1, -0.05) is 0 Å². The van der Waals surface area contributed by atoms with Crippen molar-refractivity contribution in [2.24, 2.45) is 0 Å². The minimum absolute atomic E-state index is 0.0756. The number of carbonyl (C=O) groups excluding carboxylic acids is 1. The third-order valence-electron chi connectivity index (χ3n) is 3.78. The molecule has 1 unspecified atom stereocenters. The topological polar surface area (TPSA) is 55.3 Å². The first-order chi connectivity index (χ1) is 10.7. The minimum atomic E-state index is 0.0756. The van der Waals surface area contributed by atoms with Crippen LogP contribution in [0.2, 0.25) is 0 Å². The van der Waals surface area contributed by atoms with Crippen LogP contribution in [0.25, 0.3) is 0 Å². The molecule has 2 aromatic heterocycles. The van der Waals surface area contributed by atoms with E-state index in [2.05, 4.69) is 9.97 Å². The zero-order valence-corrected chi connectivity index (χ0v) is 13.4. The van der Waals surface area contributed by atoms with Gasteiger partial charge in [0.05, 0.1) is 18.3 Å². The van der Waals surface area contributed by atoms with E-state index in [4.69, 9.17) is 4.74 Å². The van der Waals surface area contributed by atoms with Crippen molar-refractivity contribution in [2.75, 3.05) is 19.7 Å². The molecule has 1 fully saturated rings. The minimum Gasteiger partial charge on any atom is -0.375 e. The van der Waals surface area contributed by atoms with Crippen LogP contribution < -0.4 is 0 Å². The third-order valence-corrected chi connectivity index (χ3v) is 4.46. The summed E-state index contributed by atoms with van der Waals surface area (Å²) in [5, 5.41) is 3.83. The summed E-state index contributed by atoms with van der Waals surface area (Å²) in [6.07, 6.45) is 3.38. The van der Waals surface area contributed by atoms with Gasteiger partial charge in [0.1, 0.15) is 6.33 Å². The van der Waals surface area contributed by atoms with Crippen LogP contribution in [0.4, 0.5) is 0 Å². The number of aromatic nitrogens is 2. The Morgan fingerprint density at radius 1 is 1.50 bits per heavy atom. The van der Waals surface area contributed by atoms with Gasteiger partial charge in [0.15, 0.2) is 0 Å². The average molecular weight is 317 g/mol. The average Bonchev–Trinajstić information content (AvgIpc) is 3.07. The molecule has 0 saturated carbocycles. The van der Waals surface area contributed by atoms with Gasteiger partial charge in [-0.3, -0.25) is 4.79 Å². The molecule has 0 radical (unpaired) electrons. The Morgan fingerprint density at radius 3 is 3.18 bits per heavy atom. The maximum absolute atomic E-state index is 12.4. The normalized spacial score (nSPS) is 18.4. The summed E-state index contributed by atoms with van der Waals surface area (Å²) in [6.45, 7) is 3.88. The molecular formula is C16H19N3O2S. The van der Waals surface area contributed by atoms with Crippen LogP contribution in [0.15, 0.2) is 29.2 Å². The predicted molar refractivity (Wildman–Crippen MR) is 85.1 cm³/mol. The fourth-order valence-electron chi connectivity index (χ4n) is 2.60. The highest BCUT2D eigenvalue weighted by Crippen LogP contribution is 2.16. The largest absolute Gasteiger partial charge is 0.375 e. The number of morpholine rings is 1. The molecule has 3 heterocycles. The number of amides is 1. The maximum atomic E-state index is 12.4. The second-order valence-corrected chi connectivity index (χ2v) is 6.23. The molecule has 3 rings (SSSR count). The highest BCUT2D eigenvalue weighted by atomic mass is 32.1. The van der Waals surface area contributed by atoms with Gasteiger partial charge in [0.25, 0.3) is 5.91 Å². The third kappa shape index (κ3) is 3.69. The molecule has 5 nitrogen and oxygen atoms in total. The highest BCUT2D eigenvalue weighted by molar-refractivity contribution is 7.08. The SMILES string of the molecule is Cc1cc(CCC2CN(C(=O)c3ccsc3)CCO2)ncn1. The molecule has 0 aliphatic carbocycles. The molecule has 1 aliphatic heterocycles. The number of rotatable bonds is 4. The molecule has 116 valence electrons. The molecule has 0 N–H and O–H groups in total. The maximum Gasteiger partial charge on any atom is 0.254 e.